The molecule has 2 N–H and O–H groups in total. The molecule has 0 aliphatic rings. The van der Waals surface area contributed by atoms with Gasteiger partial charge in [-0.15, -0.1) is 0 Å². The fourth-order valence-electron chi connectivity index (χ4n) is 2.58. The topological polar surface area (TPSA) is 69.4 Å². The van der Waals surface area contributed by atoms with Crippen molar-refractivity contribution in [1.29, 1.82) is 0 Å². The van der Waals surface area contributed by atoms with Crippen molar-refractivity contribution in [2.75, 3.05) is 0 Å². The summed E-state index contributed by atoms with van der Waals surface area (Å²) < 4.78 is 5.70. The van der Waals surface area contributed by atoms with E-state index >= 15 is 0 Å². The number of unbranched alkanes of at least 4 members (excludes halogenated alkanes) is 2. The first kappa shape index (κ1) is 22.1. The van der Waals surface area contributed by atoms with Gasteiger partial charge in [-0.25, -0.2) is 0 Å². The van der Waals surface area contributed by atoms with E-state index in [4.69, 9.17) is 10.5 Å². The Kier molecular flexibility index (Phi) is 9.67. The largest absolute Gasteiger partial charge is 0.459 e. The van der Waals surface area contributed by atoms with Crippen LogP contribution in [0.25, 0.3) is 0 Å². The molecular formula is C19H37NO3. The normalized spacial score (nSPS) is 13.7. The van der Waals surface area contributed by atoms with Gasteiger partial charge in [0.15, 0.2) is 5.78 Å². The fourth-order valence-corrected chi connectivity index (χ4v) is 2.58. The molecular weight excluding hydrogens is 290 g/mol. The number of nitrogens with two attached hydrogens (primary N) is 1. The van der Waals surface area contributed by atoms with Crippen LogP contribution in [0.15, 0.2) is 0 Å². The van der Waals surface area contributed by atoms with Crippen LogP contribution in [0.2, 0.25) is 0 Å². The first-order chi connectivity index (χ1) is 10.5. The molecule has 0 aromatic carbocycles. The minimum atomic E-state index is -0.733. The molecule has 0 spiro atoms. The number of ketones is 1. The van der Waals surface area contributed by atoms with Crippen molar-refractivity contribution in [3.63, 3.8) is 0 Å². The van der Waals surface area contributed by atoms with Gasteiger partial charge in [0.1, 0.15) is 5.60 Å². The zero-order chi connectivity index (χ0) is 18.1. The lowest BCUT2D eigenvalue weighted by molar-refractivity contribution is -0.162. The molecule has 0 fully saturated rings. The van der Waals surface area contributed by atoms with Gasteiger partial charge in [-0.3, -0.25) is 9.59 Å². The Balaban J connectivity index is 4.09. The van der Waals surface area contributed by atoms with Crippen molar-refractivity contribution in [3.05, 3.63) is 0 Å². The van der Waals surface area contributed by atoms with Crippen molar-refractivity contribution in [2.24, 2.45) is 11.7 Å². The van der Waals surface area contributed by atoms with Crippen molar-refractivity contribution in [1.82, 2.24) is 0 Å². The van der Waals surface area contributed by atoms with E-state index < -0.39 is 11.1 Å². The number of hydrogen-bond donors (Lipinski definition) is 1. The van der Waals surface area contributed by atoms with Crippen molar-refractivity contribution >= 4 is 11.8 Å². The number of rotatable bonds is 12. The number of carbonyl (C=O) groups is 2. The second-order valence-corrected chi connectivity index (χ2v) is 7.78. The van der Waals surface area contributed by atoms with Crippen LogP contribution in [-0.2, 0) is 14.3 Å². The predicted octanol–water partition coefficient (Wildman–Crippen LogP) is 4.39. The van der Waals surface area contributed by atoms with Crippen LogP contribution < -0.4 is 5.73 Å². The second-order valence-electron chi connectivity index (χ2n) is 7.78. The molecule has 0 radical (unpaired) electrons. The molecule has 0 aromatic rings. The maximum Gasteiger partial charge on any atom is 0.309 e. The Morgan fingerprint density at radius 2 is 1.65 bits per heavy atom. The highest BCUT2D eigenvalue weighted by atomic mass is 16.6. The third-order valence-corrected chi connectivity index (χ3v) is 4.24. The van der Waals surface area contributed by atoms with Crippen LogP contribution in [-0.4, -0.2) is 22.9 Å². The number of esters is 1. The summed E-state index contributed by atoms with van der Waals surface area (Å²) in [6.07, 6.45) is 6.82. The quantitative estimate of drug-likeness (QED) is 0.426. The number of ether oxygens (including phenoxy) is 1. The molecule has 1 unspecified atom stereocenters. The third kappa shape index (κ3) is 9.75. The predicted molar refractivity (Wildman–Crippen MR) is 95.2 cm³/mol. The summed E-state index contributed by atoms with van der Waals surface area (Å²) in [5, 5.41) is 0. The van der Waals surface area contributed by atoms with E-state index in [0.717, 1.165) is 44.9 Å². The molecule has 0 saturated heterocycles. The summed E-state index contributed by atoms with van der Waals surface area (Å²) in [4.78, 5) is 23.9. The molecule has 1 atom stereocenters. The standard InChI is InChI=1S/C19H37NO3/c1-7-12-15(8-2)17(22)23-18(3,4)14-11-9-10-13-16(21)19(5,6)20/h15H,7-14,20H2,1-6H3. The SMILES string of the molecule is CCCC(CC)C(=O)OC(C)(C)CCCCCC(=O)C(C)(C)N. The molecule has 0 amide bonds. The molecule has 0 heterocycles. The summed E-state index contributed by atoms with van der Waals surface area (Å²) in [5.41, 5.74) is 4.61. The first-order valence-electron chi connectivity index (χ1n) is 9.08. The number of carbonyl (C=O) groups excluding carboxylic acids is 2. The average Bonchev–Trinajstić information content (AvgIpc) is 2.42. The molecule has 0 aromatic heterocycles. The molecule has 23 heavy (non-hydrogen) atoms. The monoisotopic (exact) mass is 327 g/mol. The van der Waals surface area contributed by atoms with Gasteiger partial charge in [-0.05, 0) is 59.8 Å². The average molecular weight is 328 g/mol. The van der Waals surface area contributed by atoms with Crippen LogP contribution >= 0.6 is 0 Å². The van der Waals surface area contributed by atoms with Gasteiger partial charge >= 0.3 is 5.97 Å². The Labute approximate surface area is 142 Å². The van der Waals surface area contributed by atoms with E-state index in [-0.39, 0.29) is 17.7 Å². The summed E-state index contributed by atoms with van der Waals surface area (Å²) in [6, 6.07) is 0. The van der Waals surface area contributed by atoms with Crippen LogP contribution in [0.3, 0.4) is 0 Å². The lowest BCUT2D eigenvalue weighted by Crippen LogP contribution is -2.41. The van der Waals surface area contributed by atoms with E-state index in [0.29, 0.717) is 6.42 Å². The van der Waals surface area contributed by atoms with Gasteiger partial charge in [0.25, 0.3) is 0 Å². The number of hydrogen-bond acceptors (Lipinski definition) is 4. The Hall–Kier alpha value is -0.900. The van der Waals surface area contributed by atoms with E-state index in [9.17, 15) is 9.59 Å². The third-order valence-electron chi connectivity index (χ3n) is 4.24. The van der Waals surface area contributed by atoms with Gasteiger partial charge in [0, 0.05) is 6.42 Å². The van der Waals surface area contributed by atoms with Gasteiger partial charge in [0.2, 0.25) is 0 Å². The van der Waals surface area contributed by atoms with E-state index in [2.05, 4.69) is 6.92 Å². The molecule has 4 nitrogen and oxygen atoms in total. The molecule has 0 rings (SSSR count). The van der Waals surface area contributed by atoms with Gasteiger partial charge in [-0.1, -0.05) is 26.7 Å². The second kappa shape index (κ2) is 10.1. The van der Waals surface area contributed by atoms with E-state index in [1.807, 2.05) is 20.8 Å². The minimum absolute atomic E-state index is 0.0173. The summed E-state index contributed by atoms with van der Waals surface area (Å²) in [5.74, 6) is 0.0524. The zero-order valence-corrected chi connectivity index (χ0v) is 16.0. The van der Waals surface area contributed by atoms with E-state index in [1.54, 1.807) is 13.8 Å². The minimum Gasteiger partial charge on any atom is -0.459 e. The Morgan fingerprint density at radius 3 is 2.13 bits per heavy atom. The Morgan fingerprint density at radius 1 is 1.04 bits per heavy atom. The molecule has 4 heteroatoms. The van der Waals surface area contributed by atoms with Crippen LogP contribution in [0, 0.1) is 5.92 Å². The maximum absolute atomic E-state index is 12.2. The summed E-state index contributed by atoms with van der Waals surface area (Å²) >= 11 is 0. The molecule has 0 bridgehead atoms. The molecule has 136 valence electrons. The smallest absolute Gasteiger partial charge is 0.309 e. The summed E-state index contributed by atoms with van der Waals surface area (Å²) in [6.45, 7) is 11.6. The van der Waals surface area contributed by atoms with Gasteiger partial charge in [0.05, 0.1) is 11.5 Å². The Bertz CT molecular complexity index is 369. The van der Waals surface area contributed by atoms with E-state index in [1.165, 1.54) is 0 Å². The zero-order valence-electron chi connectivity index (χ0n) is 16.0. The van der Waals surface area contributed by atoms with Crippen molar-refractivity contribution < 1.29 is 14.3 Å². The highest BCUT2D eigenvalue weighted by Crippen LogP contribution is 2.23. The van der Waals surface area contributed by atoms with Crippen LogP contribution in [0.4, 0.5) is 0 Å². The van der Waals surface area contributed by atoms with Crippen LogP contribution in [0.5, 0.6) is 0 Å². The van der Waals surface area contributed by atoms with Gasteiger partial charge < -0.3 is 10.5 Å². The van der Waals surface area contributed by atoms with Crippen molar-refractivity contribution in [2.45, 2.75) is 104 Å². The highest BCUT2D eigenvalue weighted by molar-refractivity contribution is 5.87. The van der Waals surface area contributed by atoms with Crippen LogP contribution in [0.1, 0.15) is 92.9 Å². The molecule has 0 aliphatic heterocycles. The van der Waals surface area contributed by atoms with Crippen molar-refractivity contribution in [3.8, 4) is 0 Å². The first-order valence-corrected chi connectivity index (χ1v) is 9.08. The lowest BCUT2D eigenvalue weighted by atomic mass is 9.94. The lowest BCUT2D eigenvalue weighted by Gasteiger charge is -2.27. The highest BCUT2D eigenvalue weighted by Gasteiger charge is 2.26. The maximum atomic E-state index is 12.2. The molecule has 0 saturated carbocycles. The fraction of sp³-hybridized carbons (Fsp3) is 0.895. The van der Waals surface area contributed by atoms with Gasteiger partial charge in [-0.2, -0.15) is 0 Å². The molecule has 0 aliphatic carbocycles. The summed E-state index contributed by atoms with van der Waals surface area (Å²) in [7, 11) is 0. The number of Topliss-reactive ketones (excluding diaryl/α,β-unsaturated/α-hetero) is 1.